The van der Waals surface area contributed by atoms with E-state index >= 15 is 0 Å². The molecule has 1 fully saturated rings. The number of carbonyl (C=O) groups excluding carboxylic acids is 3. The van der Waals surface area contributed by atoms with Crippen LogP contribution in [0.1, 0.15) is 18.4 Å². The Morgan fingerprint density at radius 2 is 1.86 bits per heavy atom. The van der Waals surface area contributed by atoms with Gasteiger partial charge in [-0.2, -0.15) is 0 Å². The molecule has 0 aliphatic carbocycles. The van der Waals surface area contributed by atoms with Gasteiger partial charge in [0.05, 0.1) is 12.6 Å². The van der Waals surface area contributed by atoms with Crippen molar-refractivity contribution in [2.75, 3.05) is 6.54 Å². The van der Waals surface area contributed by atoms with Crippen molar-refractivity contribution in [3.8, 4) is 0 Å². The number of rotatable bonds is 3. The molecule has 1 aromatic rings. The van der Waals surface area contributed by atoms with E-state index in [1.165, 1.54) is 11.1 Å². The quantitative estimate of drug-likeness (QED) is 0.618. The molecule has 29 heavy (non-hydrogen) atoms. The molecule has 3 aliphatic heterocycles. The lowest BCUT2D eigenvalue weighted by molar-refractivity contribution is -0.145. The highest BCUT2D eigenvalue weighted by molar-refractivity contribution is 6.06. The minimum atomic E-state index is -1.09. The van der Waals surface area contributed by atoms with E-state index in [1.807, 2.05) is 0 Å². The smallest absolute Gasteiger partial charge is 0.276 e. The van der Waals surface area contributed by atoms with Crippen molar-refractivity contribution in [3.05, 3.63) is 70.8 Å². The van der Waals surface area contributed by atoms with Crippen LogP contribution >= 0.6 is 0 Å². The van der Waals surface area contributed by atoms with Gasteiger partial charge in [0.25, 0.3) is 5.91 Å². The summed E-state index contributed by atoms with van der Waals surface area (Å²) in [6, 6.07) is 0.801. The standard InChI is InChI=1S/C20H16F3N3O3/c21-12-6-15(22)14(16(23)7-12)8-24-19(28)11-4-5-17-20(29)26-10-13(25(17)9-11)2-1-3-18(26)27/h1-2,5-7,9,13H,3-4,8,10H2,(H,24,28). The number of fused-ring (bicyclic) bond motifs is 4. The van der Waals surface area contributed by atoms with E-state index < -0.39 is 41.4 Å². The minimum absolute atomic E-state index is 0.121. The van der Waals surface area contributed by atoms with Gasteiger partial charge in [-0.05, 0) is 6.42 Å². The van der Waals surface area contributed by atoms with Crippen LogP contribution in [0.25, 0.3) is 0 Å². The fourth-order valence-electron chi connectivity index (χ4n) is 3.55. The summed E-state index contributed by atoms with van der Waals surface area (Å²) in [6.45, 7) is -0.266. The zero-order valence-corrected chi connectivity index (χ0v) is 15.1. The molecular formula is C20H16F3N3O3. The number of hydrogen-bond acceptors (Lipinski definition) is 4. The minimum Gasteiger partial charge on any atom is -0.348 e. The third kappa shape index (κ3) is 3.43. The topological polar surface area (TPSA) is 69.7 Å². The van der Waals surface area contributed by atoms with Crippen LogP contribution < -0.4 is 5.32 Å². The van der Waals surface area contributed by atoms with Gasteiger partial charge in [-0.3, -0.25) is 19.3 Å². The predicted molar refractivity (Wildman–Crippen MR) is 95.0 cm³/mol. The molecule has 4 rings (SSSR count). The maximum absolute atomic E-state index is 13.7. The van der Waals surface area contributed by atoms with E-state index in [0.717, 1.165) is 0 Å². The molecule has 3 aliphatic rings. The molecule has 0 saturated carbocycles. The van der Waals surface area contributed by atoms with Crippen molar-refractivity contribution in [2.24, 2.45) is 0 Å². The summed E-state index contributed by atoms with van der Waals surface area (Å²) in [5, 5.41) is 2.42. The summed E-state index contributed by atoms with van der Waals surface area (Å²) >= 11 is 0. The lowest BCUT2D eigenvalue weighted by Crippen LogP contribution is -2.54. The van der Waals surface area contributed by atoms with Gasteiger partial charge in [-0.25, -0.2) is 13.2 Å². The number of nitrogens with one attached hydrogen (secondary N) is 1. The molecule has 0 spiro atoms. The Hall–Kier alpha value is -3.36. The van der Waals surface area contributed by atoms with Crippen LogP contribution in [0.4, 0.5) is 13.2 Å². The monoisotopic (exact) mass is 403 g/mol. The maximum Gasteiger partial charge on any atom is 0.276 e. The van der Waals surface area contributed by atoms with Gasteiger partial charge in [-0.1, -0.05) is 18.2 Å². The highest BCUT2D eigenvalue weighted by Crippen LogP contribution is 2.30. The van der Waals surface area contributed by atoms with E-state index in [0.29, 0.717) is 23.4 Å². The molecule has 9 heteroatoms. The molecule has 1 aromatic carbocycles. The number of halogens is 3. The Labute approximate surface area is 164 Å². The molecule has 0 aromatic heterocycles. The molecule has 6 nitrogen and oxygen atoms in total. The lowest BCUT2D eigenvalue weighted by atomic mass is 10.0. The largest absolute Gasteiger partial charge is 0.348 e. The molecule has 1 atom stereocenters. The molecule has 1 unspecified atom stereocenters. The fraction of sp³-hybridized carbons (Fsp3) is 0.250. The Kier molecular flexibility index (Phi) is 4.73. The van der Waals surface area contributed by atoms with Crippen molar-refractivity contribution in [3.63, 3.8) is 0 Å². The summed E-state index contributed by atoms with van der Waals surface area (Å²) in [5.41, 5.74) is 0.164. The second kappa shape index (κ2) is 7.23. The lowest BCUT2D eigenvalue weighted by Gasteiger charge is -2.40. The molecule has 150 valence electrons. The second-order valence-electron chi connectivity index (χ2n) is 6.89. The SMILES string of the molecule is O=C(NCc1c(F)cc(F)cc1F)C1=CN2C(=CC1)C(=O)N1CC2C=CCC1=O. The highest BCUT2D eigenvalue weighted by atomic mass is 19.1. The van der Waals surface area contributed by atoms with Crippen molar-refractivity contribution >= 4 is 17.7 Å². The second-order valence-corrected chi connectivity index (χ2v) is 6.89. The van der Waals surface area contributed by atoms with Gasteiger partial charge >= 0.3 is 0 Å². The predicted octanol–water partition coefficient (Wildman–Crippen LogP) is 1.89. The van der Waals surface area contributed by atoms with Crippen LogP contribution in [0.3, 0.4) is 0 Å². The first kappa shape index (κ1) is 19.0. The van der Waals surface area contributed by atoms with E-state index in [1.54, 1.807) is 23.1 Å². The van der Waals surface area contributed by atoms with Crippen LogP contribution in [-0.2, 0) is 20.9 Å². The Balaban J connectivity index is 1.51. The molecule has 3 heterocycles. The summed E-state index contributed by atoms with van der Waals surface area (Å²) in [7, 11) is 0. The first-order valence-electron chi connectivity index (χ1n) is 8.97. The summed E-state index contributed by atoms with van der Waals surface area (Å²) in [5.74, 6) is -4.46. The molecule has 2 bridgehead atoms. The zero-order valence-electron chi connectivity index (χ0n) is 15.1. The molecule has 3 amide bonds. The fourth-order valence-corrected chi connectivity index (χ4v) is 3.55. The van der Waals surface area contributed by atoms with Crippen LogP contribution in [0, 0.1) is 17.5 Å². The molecular weight excluding hydrogens is 387 g/mol. The summed E-state index contributed by atoms with van der Waals surface area (Å²) in [6.07, 6.45) is 6.82. The first-order valence-corrected chi connectivity index (χ1v) is 8.97. The first-order chi connectivity index (χ1) is 13.8. The number of benzene rings is 1. The van der Waals surface area contributed by atoms with E-state index in [-0.39, 0.29) is 31.3 Å². The average Bonchev–Trinajstić information content (AvgIpc) is 2.85. The van der Waals surface area contributed by atoms with Gasteiger partial charge in [0.1, 0.15) is 23.1 Å². The van der Waals surface area contributed by atoms with Crippen LogP contribution in [-0.4, -0.2) is 40.1 Å². The van der Waals surface area contributed by atoms with E-state index in [2.05, 4.69) is 5.32 Å². The molecule has 0 radical (unpaired) electrons. The number of amides is 3. The normalized spacial score (nSPS) is 20.7. The van der Waals surface area contributed by atoms with Crippen molar-refractivity contribution in [2.45, 2.75) is 25.4 Å². The van der Waals surface area contributed by atoms with E-state index in [9.17, 15) is 27.6 Å². The van der Waals surface area contributed by atoms with Gasteiger partial charge in [-0.15, -0.1) is 0 Å². The Morgan fingerprint density at radius 3 is 2.59 bits per heavy atom. The van der Waals surface area contributed by atoms with Crippen LogP contribution in [0.2, 0.25) is 0 Å². The van der Waals surface area contributed by atoms with Crippen LogP contribution in [0.15, 0.2) is 47.8 Å². The van der Waals surface area contributed by atoms with Crippen molar-refractivity contribution in [1.29, 1.82) is 0 Å². The number of allylic oxidation sites excluding steroid dienone is 1. The number of carbonyl (C=O) groups is 3. The van der Waals surface area contributed by atoms with Crippen molar-refractivity contribution < 1.29 is 27.6 Å². The number of nitrogens with zero attached hydrogens (tertiary/aromatic N) is 2. The number of imide groups is 1. The molecule has 1 saturated heterocycles. The highest BCUT2D eigenvalue weighted by Gasteiger charge is 2.39. The van der Waals surface area contributed by atoms with Gasteiger partial charge in [0.2, 0.25) is 11.8 Å². The third-order valence-electron chi connectivity index (χ3n) is 5.05. The van der Waals surface area contributed by atoms with Crippen LogP contribution in [0.5, 0.6) is 0 Å². The summed E-state index contributed by atoms with van der Waals surface area (Å²) < 4.78 is 40.5. The van der Waals surface area contributed by atoms with Crippen molar-refractivity contribution in [1.82, 2.24) is 15.1 Å². The number of piperazine rings is 1. The number of hydrogen-bond donors (Lipinski definition) is 1. The van der Waals surface area contributed by atoms with Gasteiger partial charge in [0, 0.05) is 42.4 Å². The summed E-state index contributed by atoms with van der Waals surface area (Å²) in [4.78, 5) is 39.9. The Morgan fingerprint density at radius 1 is 1.14 bits per heavy atom. The maximum atomic E-state index is 13.7. The average molecular weight is 403 g/mol. The Bertz CT molecular complexity index is 992. The van der Waals surface area contributed by atoms with Gasteiger partial charge < -0.3 is 10.2 Å². The molecule has 1 N–H and O–H groups in total. The third-order valence-corrected chi connectivity index (χ3v) is 5.05. The zero-order chi connectivity index (χ0) is 20.7. The van der Waals surface area contributed by atoms with E-state index in [4.69, 9.17) is 0 Å². The van der Waals surface area contributed by atoms with Gasteiger partial charge in [0.15, 0.2) is 0 Å².